The lowest BCUT2D eigenvalue weighted by atomic mass is 10.2. The van der Waals surface area contributed by atoms with Crippen LogP contribution in [-0.4, -0.2) is 14.1 Å². The van der Waals surface area contributed by atoms with Crippen molar-refractivity contribution in [3.63, 3.8) is 0 Å². The minimum Gasteiger partial charge on any atom is -0.345 e. The lowest BCUT2D eigenvalue weighted by Gasteiger charge is -2.07. The van der Waals surface area contributed by atoms with Crippen LogP contribution in [0.3, 0.4) is 0 Å². The molecule has 0 N–H and O–H groups in total. The number of aromatic nitrogens is 2. The Bertz CT molecular complexity index is 864. The molecular weight excluding hydrogens is 270 g/mol. The molecule has 0 bridgehead atoms. The zero-order valence-corrected chi connectivity index (χ0v) is 11.2. The van der Waals surface area contributed by atoms with Crippen molar-refractivity contribution in [2.45, 2.75) is 13.1 Å². The van der Waals surface area contributed by atoms with E-state index in [9.17, 15) is 14.9 Å². The van der Waals surface area contributed by atoms with E-state index in [1.54, 1.807) is 35.0 Å². The van der Waals surface area contributed by atoms with Crippen molar-refractivity contribution >= 4 is 16.6 Å². The van der Waals surface area contributed by atoms with Crippen molar-refractivity contribution < 1.29 is 4.92 Å². The molecule has 0 radical (unpaired) electrons. The number of rotatable bonds is 4. The van der Waals surface area contributed by atoms with Gasteiger partial charge >= 0.3 is 0 Å². The highest BCUT2D eigenvalue weighted by Crippen LogP contribution is 2.26. The van der Waals surface area contributed by atoms with E-state index in [1.165, 1.54) is 12.1 Å². The number of aryl methyl sites for hydroxylation is 2. The fourth-order valence-electron chi connectivity index (χ4n) is 2.42. The molecule has 1 aromatic carbocycles. The van der Waals surface area contributed by atoms with Crippen LogP contribution >= 0.6 is 0 Å². The Morgan fingerprint density at radius 1 is 0.952 bits per heavy atom. The maximum atomic E-state index is 11.7. The molecule has 0 aliphatic rings. The van der Waals surface area contributed by atoms with Gasteiger partial charge in [0.2, 0.25) is 0 Å². The summed E-state index contributed by atoms with van der Waals surface area (Å²) in [6.07, 6.45) is 3.54. The van der Waals surface area contributed by atoms with E-state index in [0.29, 0.717) is 18.5 Å². The number of hydrogen-bond donors (Lipinski definition) is 0. The van der Waals surface area contributed by atoms with E-state index in [4.69, 9.17) is 0 Å². The number of hydrogen-bond acceptors (Lipinski definition) is 3. The van der Waals surface area contributed by atoms with Crippen LogP contribution in [0.2, 0.25) is 0 Å². The van der Waals surface area contributed by atoms with E-state index < -0.39 is 0 Å². The Kier molecular flexibility index (Phi) is 3.27. The van der Waals surface area contributed by atoms with Gasteiger partial charge in [0.05, 0.1) is 15.8 Å². The smallest absolute Gasteiger partial charge is 0.278 e. The summed E-state index contributed by atoms with van der Waals surface area (Å²) in [5.74, 6) is 0. The standard InChI is InChI=1S/C15H13N3O3/c19-15-6-1-2-8-17(15)11-10-16-9-7-12-13(16)4-3-5-14(12)18(20)21/h1-9H,10-11H2. The van der Waals surface area contributed by atoms with Gasteiger partial charge in [-0.15, -0.1) is 0 Å². The third kappa shape index (κ3) is 2.43. The molecule has 6 nitrogen and oxygen atoms in total. The zero-order valence-electron chi connectivity index (χ0n) is 11.2. The van der Waals surface area contributed by atoms with Gasteiger partial charge in [-0.05, 0) is 18.2 Å². The van der Waals surface area contributed by atoms with Crippen molar-refractivity contribution in [2.24, 2.45) is 0 Å². The number of nitrogens with zero attached hydrogens (tertiary/aromatic N) is 3. The van der Waals surface area contributed by atoms with Crippen molar-refractivity contribution in [2.75, 3.05) is 0 Å². The van der Waals surface area contributed by atoms with E-state index in [-0.39, 0.29) is 16.2 Å². The van der Waals surface area contributed by atoms with Gasteiger partial charge in [0.1, 0.15) is 0 Å². The van der Waals surface area contributed by atoms with Gasteiger partial charge in [0.25, 0.3) is 11.2 Å². The third-order valence-corrected chi connectivity index (χ3v) is 3.47. The van der Waals surface area contributed by atoms with Crippen LogP contribution in [0.25, 0.3) is 10.9 Å². The van der Waals surface area contributed by atoms with Crippen LogP contribution in [0.15, 0.2) is 59.7 Å². The number of nitro groups is 1. The molecule has 0 amide bonds. The normalized spacial score (nSPS) is 10.9. The molecule has 106 valence electrons. The van der Waals surface area contributed by atoms with Gasteiger partial charge in [-0.25, -0.2) is 0 Å². The molecule has 0 saturated heterocycles. The average molecular weight is 283 g/mol. The molecule has 3 aromatic rings. The van der Waals surface area contributed by atoms with Gasteiger partial charge in [0, 0.05) is 37.6 Å². The van der Waals surface area contributed by atoms with E-state index >= 15 is 0 Å². The largest absolute Gasteiger partial charge is 0.345 e. The number of benzene rings is 1. The monoisotopic (exact) mass is 283 g/mol. The van der Waals surface area contributed by atoms with Crippen LogP contribution < -0.4 is 5.56 Å². The number of non-ortho nitro benzene ring substituents is 1. The molecule has 0 aliphatic heterocycles. The second-order valence-electron chi connectivity index (χ2n) is 4.71. The summed E-state index contributed by atoms with van der Waals surface area (Å²) in [5.41, 5.74) is 0.844. The highest BCUT2D eigenvalue weighted by molar-refractivity contribution is 5.89. The predicted octanol–water partition coefficient (Wildman–Crippen LogP) is 2.41. The lowest BCUT2D eigenvalue weighted by Crippen LogP contribution is -2.20. The molecule has 6 heteroatoms. The summed E-state index contributed by atoms with van der Waals surface area (Å²) in [6, 6.07) is 11.8. The molecule has 0 fully saturated rings. The van der Waals surface area contributed by atoms with Crippen LogP contribution in [0.1, 0.15) is 0 Å². The van der Waals surface area contributed by atoms with Crippen LogP contribution in [0, 0.1) is 10.1 Å². The molecule has 0 saturated carbocycles. The fraction of sp³-hybridized carbons (Fsp3) is 0.133. The van der Waals surface area contributed by atoms with Crippen molar-refractivity contribution in [1.29, 1.82) is 0 Å². The Morgan fingerprint density at radius 2 is 1.76 bits per heavy atom. The summed E-state index contributed by atoms with van der Waals surface area (Å²) < 4.78 is 3.53. The number of fused-ring (bicyclic) bond motifs is 1. The van der Waals surface area contributed by atoms with Crippen LogP contribution in [0.5, 0.6) is 0 Å². The molecule has 0 aliphatic carbocycles. The maximum Gasteiger partial charge on any atom is 0.278 e. The van der Waals surface area contributed by atoms with E-state index in [0.717, 1.165) is 5.52 Å². The fourth-order valence-corrected chi connectivity index (χ4v) is 2.42. The quantitative estimate of drug-likeness (QED) is 0.545. The SMILES string of the molecule is O=c1ccccn1CCn1ccc2c([N+](=O)[O-])cccc21. The highest BCUT2D eigenvalue weighted by Gasteiger charge is 2.13. The van der Waals surface area contributed by atoms with Gasteiger partial charge < -0.3 is 9.13 Å². The van der Waals surface area contributed by atoms with Crippen molar-refractivity contribution in [3.05, 3.63) is 75.3 Å². The van der Waals surface area contributed by atoms with Gasteiger partial charge in [-0.2, -0.15) is 0 Å². The van der Waals surface area contributed by atoms with Crippen LogP contribution in [0.4, 0.5) is 5.69 Å². The Labute approximate surface area is 120 Å². The van der Waals surface area contributed by atoms with Crippen molar-refractivity contribution in [1.82, 2.24) is 9.13 Å². The van der Waals surface area contributed by atoms with Crippen molar-refractivity contribution in [3.8, 4) is 0 Å². The molecular formula is C15H13N3O3. The molecule has 2 aromatic heterocycles. The Morgan fingerprint density at radius 3 is 2.52 bits per heavy atom. The lowest BCUT2D eigenvalue weighted by molar-refractivity contribution is -0.383. The maximum absolute atomic E-state index is 11.7. The van der Waals surface area contributed by atoms with E-state index in [2.05, 4.69) is 0 Å². The molecule has 0 atom stereocenters. The molecule has 2 heterocycles. The summed E-state index contributed by atoms with van der Waals surface area (Å²) in [6.45, 7) is 1.10. The third-order valence-electron chi connectivity index (χ3n) is 3.47. The van der Waals surface area contributed by atoms with E-state index in [1.807, 2.05) is 16.8 Å². The molecule has 0 spiro atoms. The summed E-state index contributed by atoms with van der Waals surface area (Å²) in [7, 11) is 0. The topological polar surface area (TPSA) is 70.1 Å². The molecule has 0 unspecified atom stereocenters. The Hall–Kier alpha value is -2.89. The highest BCUT2D eigenvalue weighted by atomic mass is 16.6. The van der Waals surface area contributed by atoms with Gasteiger partial charge in [0.15, 0.2) is 0 Å². The summed E-state index contributed by atoms with van der Waals surface area (Å²) in [4.78, 5) is 22.3. The average Bonchev–Trinajstić information content (AvgIpc) is 2.89. The summed E-state index contributed by atoms with van der Waals surface area (Å²) >= 11 is 0. The van der Waals surface area contributed by atoms with Gasteiger partial charge in [-0.3, -0.25) is 14.9 Å². The molecule has 3 rings (SSSR count). The first-order chi connectivity index (χ1) is 10.2. The second kappa shape index (κ2) is 5.24. The molecule has 21 heavy (non-hydrogen) atoms. The summed E-state index contributed by atoms with van der Waals surface area (Å²) in [5, 5.41) is 11.6. The number of nitro benzene ring substituents is 1. The van der Waals surface area contributed by atoms with Crippen LogP contribution in [-0.2, 0) is 13.1 Å². The first-order valence-electron chi connectivity index (χ1n) is 6.54. The number of pyridine rings is 1. The second-order valence-corrected chi connectivity index (χ2v) is 4.71. The minimum atomic E-state index is -0.381. The minimum absolute atomic E-state index is 0.0556. The predicted molar refractivity (Wildman–Crippen MR) is 79.3 cm³/mol. The first-order valence-corrected chi connectivity index (χ1v) is 6.54. The first kappa shape index (κ1) is 13.1. The van der Waals surface area contributed by atoms with Gasteiger partial charge in [-0.1, -0.05) is 12.1 Å². The Balaban J connectivity index is 1.92. The zero-order chi connectivity index (χ0) is 14.8.